The Morgan fingerprint density at radius 1 is 1.45 bits per heavy atom. The minimum absolute atomic E-state index is 0.256. The molecule has 1 aromatic carbocycles. The highest BCUT2D eigenvalue weighted by atomic mass is 19.1. The lowest BCUT2D eigenvalue weighted by atomic mass is 9.93. The van der Waals surface area contributed by atoms with Crippen LogP contribution in [0.2, 0.25) is 0 Å². The normalized spacial score (nSPS) is 17.8. The van der Waals surface area contributed by atoms with Crippen molar-refractivity contribution in [2.45, 2.75) is 18.4 Å². The van der Waals surface area contributed by atoms with E-state index in [4.69, 9.17) is 15.2 Å². The van der Waals surface area contributed by atoms with E-state index in [1.165, 1.54) is 13.2 Å². The molecule has 0 aliphatic carbocycles. The lowest BCUT2D eigenvalue weighted by Gasteiger charge is -2.36. The molecule has 1 heterocycles. The first-order valence-electron chi connectivity index (χ1n) is 6.59. The molecule has 1 aliphatic heterocycles. The maximum atomic E-state index is 14.0. The number of hydrogen-bond donors (Lipinski definition) is 2. The first-order chi connectivity index (χ1) is 9.45. The summed E-state index contributed by atoms with van der Waals surface area (Å²) in [4.78, 5) is 1.68. The second kappa shape index (κ2) is 5.85. The van der Waals surface area contributed by atoms with E-state index < -0.39 is 11.4 Å². The van der Waals surface area contributed by atoms with Crippen molar-refractivity contribution in [3.05, 3.63) is 17.9 Å². The lowest BCUT2D eigenvalue weighted by molar-refractivity contribution is -0.0573. The SMILES string of the molecule is COc1cc(N(C)CC2(O)CCOCC2)c(F)cc1N. The molecule has 0 saturated carbocycles. The van der Waals surface area contributed by atoms with E-state index in [0.717, 1.165) is 0 Å². The summed E-state index contributed by atoms with van der Waals surface area (Å²) in [6.45, 7) is 1.39. The molecule has 0 aromatic heterocycles. The molecule has 20 heavy (non-hydrogen) atoms. The van der Waals surface area contributed by atoms with Crippen LogP contribution in [0.5, 0.6) is 5.75 Å². The first kappa shape index (κ1) is 14.9. The smallest absolute Gasteiger partial charge is 0.148 e. The van der Waals surface area contributed by atoms with E-state index in [1.807, 2.05) is 0 Å². The van der Waals surface area contributed by atoms with Crippen LogP contribution in [0, 0.1) is 5.82 Å². The molecule has 0 bridgehead atoms. The van der Waals surface area contributed by atoms with Gasteiger partial charge in [-0.1, -0.05) is 0 Å². The van der Waals surface area contributed by atoms with Gasteiger partial charge in [0.15, 0.2) is 0 Å². The molecule has 1 fully saturated rings. The van der Waals surface area contributed by atoms with Crippen molar-refractivity contribution in [3.8, 4) is 5.75 Å². The van der Waals surface area contributed by atoms with Crippen molar-refractivity contribution in [2.75, 3.05) is 44.5 Å². The number of nitrogens with two attached hydrogens (primary N) is 1. The highest BCUT2D eigenvalue weighted by Gasteiger charge is 2.31. The second-order valence-corrected chi connectivity index (χ2v) is 5.24. The summed E-state index contributed by atoms with van der Waals surface area (Å²) in [6, 6.07) is 2.78. The number of benzene rings is 1. The Bertz CT molecular complexity index is 476. The summed E-state index contributed by atoms with van der Waals surface area (Å²) in [5.74, 6) is -0.00585. The first-order valence-corrected chi connectivity index (χ1v) is 6.59. The lowest BCUT2D eigenvalue weighted by Crippen LogP contribution is -2.46. The molecule has 1 saturated heterocycles. The zero-order chi connectivity index (χ0) is 14.8. The number of likely N-dealkylation sites (N-methyl/N-ethyl adjacent to an activating group) is 1. The Morgan fingerprint density at radius 2 is 2.10 bits per heavy atom. The van der Waals surface area contributed by atoms with Gasteiger partial charge in [-0.15, -0.1) is 0 Å². The predicted molar refractivity (Wildman–Crippen MR) is 75.6 cm³/mol. The average Bonchev–Trinajstić information content (AvgIpc) is 2.39. The van der Waals surface area contributed by atoms with Crippen molar-refractivity contribution in [1.29, 1.82) is 0 Å². The number of hydrogen-bond acceptors (Lipinski definition) is 5. The molecule has 0 spiro atoms. The van der Waals surface area contributed by atoms with Gasteiger partial charge in [0.25, 0.3) is 0 Å². The fourth-order valence-corrected chi connectivity index (χ4v) is 2.46. The minimum Gasteiger partial charge on any atom is -0.495 e. The number of methoxy groups -OCH3 is 1. The maximum absolute atomic E-state index is 14.0. The van der Waals surface area contributed by atoms with E-state index in [9.17, 15) is 9.50 Å². The Balaban J connectivity index is 2.18. The molecular formula is C14H21FN2O3. The van der Waals surface area contributed by atoms with Gasteiger partial charge in [-0.3, -0.25) is 0 Å². The Kier molecular flexibility index (Phi) is 4.35. The van der Waals surface area contributed by atoms with Crippen LogP contribution in [0.1, 0.15) is 12.8 Å². The van der Waals surface area contributed by atoms with Gasteiger partial charge in [0.1, 0.15) is 11.6 Å². The third kappa shape index (κ3) is 3.13. The Morgan fingerprint density at radius 3 is 2.70 bits per heavy atom. The topological polar surface area (TPSA) is 68.0 Å². The largest absolute Gasteiger partial charge is 0.495 e. The molecule has 0 unspecified atom stereocenters. The van der Waals surface area contributed by atoms with Gasteiger partial charge in [-0.05, 0) is 0 Å². The van der Waals surface area contributed by atoms with Gasteiger partial charge in [-0.25, -0.2) is 4.39 Å². The van der Waals surface area contributed by atoms with Crippen molar-refractivity contribution >= 4 is 11.4 Å². The zero-order valence-electron chi connectivity index (χ0n) is 11.9. The third-order valence-corrected chi connectivity index (χ3v) is 3.67. The number of aliphatic hydroxyl groups is 1. The van der Waals surface area contributed by atoms with Crippen molar-refractivity contribution in [3.63, 3.8) is 0 Å². The summed E-state index contributed by atoms with van der Waals surface area (Å²) >= 11 is 0. The predicted octanol–water partition coefficient (Wildman–Crippen LogP) is 1.39. The molecule has 0 amide bonds. The highest BCUT2D eigenvalue weighted by Crippen LogP contribution is 2.32. The van der Waals surface area contributed by atoms with E-state index >= 15 is 0 Å². The number of halogens is 1. The van der Waals surface area contributed by atoms with Gasteiger partial charge in [0.2, 0.25) is 0 Å². The number of ether oxygens (including phenoxy) is 2. The van der Waals surface area contributed by atoms with Gasteiger partial charge in [-0.2, -0.15) is 0 Å². The standard InChI is InChI=1S/C14H21FN2O3/c1-17(9-14(18)3-5-20-6-4-14)12-8-13(19-2)11(16)7-10(12)15/h7-8,18H,3-6,9,16H2,1-2H3. The van der Waals surface area contributed by atoms with Crippen molar-refractivity contribution < 1.29 is 19.0 Å². The average molecular weight is 284 g/mol. The van der Waals surface area contributed by atoms with Crippen LogP contribution in [0.3, 0.4) is 0 Å². The minimum atomic E-state index is -0.853. The molecule has 1 aliphatic rings. The fraction of sp³-hybridized carbons (Fsp3) is 0.571. The summed E-state index contributed by atoms with van der Waals surface area (Å²) in [5, 5.41) is 10.5. The van der Waals surface area contributed by atoms with Gasteiger partial charge >= 0.3 is 0 Å². The fourth-order valence-electron chi connectivity index (χ4n) is 2.46. The van der Waals surface area contributed by atoms with Crippen LogP contribution in [-0.2, 0) is 4.74 Å². The molecule has 0 atom stereocenters. The summed E-state index contributed by atoms with van der Waals surface area (Å²) in [5.41, 5.74) is 5.42. The van der Waals surface area contributed by atoms with Crippen LogP contribution >= 0.6 is 0 Å². The van der Waals surface area contributed by atoms with E-state index in [2.05, 4.69) is 0 Å². The molecule has 2 rings (SSSR count). The van der Waals surface area contributed by atoms with Crippen LogP contribution in [0.4, 0.5) is 15.8 Å². The number of nitrogen functional groups attached to an aromatic ring is 1. The zero-order valence-corrected chi connectivity index (χ0v) is 11.9. The van der Waals surface area contributed by atoms with E-state index in [1.54, 1.807) is 18.0 Å². The number of rotatable bonds is 4. The van der Waals surface area contributed by atoms with Crippen molar-refractivity contribution in [2.24, 2.45) is 0 Å². The molecule has 3 N–H and O–H groups in total. The van der Waals surface area contributed by atoms with Crippen LogP contribution in [-0.4, -0.2) is 44.6 Å². The Labute approximate surface area is 118 Å². The molecule has 5 nitrogen and oxygen atoms in total. The number of anilines is 2. The van der Waals surface area contributed by atoms with Gasteiger partial charge in [0, 0.05) is 51.8 Å². The molecule has 112 valence electrons. The maximum Gasteiger partial charge on any atom is 0.148 e. The van der Waals surface area contributed by atoms with Crippen LogP contribution in [0.25, 0.3) is 0 Å². The second-order valence-electron chi connectivity index (χ2n) is 5.24. The third-order valence-electron chi connectivity index (χ3n) is 3.67. The van der Waals surface area contributed by atoms with Crippen LogP contribution < -0.4 is 15.4 Å². The van der Waals surface area contributed by atoms with Gasteiger partial charge in [0.05, 0.1) is 24.1 Å². The molecular weight excluding hydrogens is 263 g/mol. The van der Waals surface area contributed by atoms with E-state index in [-0.39, 0.29) is 5.69 Å². The summed E-state index contributed by atoms with van der Waals surface area (Å²) in [6.07, 6.45) is 1.09. The quantitative estimate of drug-likeness (QED) is 0.818. The molecule has 0 radical (unpaired) electrons. The van der Waals surface area contributed by atoms with Gasteiger partial charge < -0.3 is 25.2 Å². The van der Waals surface area contributed by atoms with Crippen LogP contribution in [0.15, 0.2) is 12.1 Å². The number of nitrogens with zero attached hydrogens (tertiary/aromatic N) is 1. The van der Waals surface area contributed by atoms with E-state index in [0.29, 0.717) is 44.0 Å². The molecule has 1 aromatic rings. The monoisotopic (exact) mass is 284 g/mol. The highest BCUT2D eigenvalue weighted by molar-refractivity contribution is 5.63. The summed E-state index contributed by atoms with van der Waals surface area (Å²) in [7, 11) is 3.22. The van der Waals surface area contributed by atoms with Crippen molar-refractivity contribution in [1.82, 2.24) is 0 Å². The molecule has 6 heteroatoms. The Hall–Kier alpha value is -1.53. The summed E-state index contributed by atoms with van der Waals surface area (Å²) < 4.78 is 24.4.